The van der Waals surface area contributed by atoms with Crippen molar-refractivity contribution in [3.63, 3.8) is 0 Å². The first-order valence-electron chi connectivity index (χ1n) is 8.18. The topological polar surface area (TPSA) is 71.5 Å². The molecule has 7 heteroatoms. The molecule has 0 saturated carbocycles. The van der Waals surface area contributed by atoms with Crippen LogP contribution in [-0.2, 0) is 21.3 Å². The minimum atomic E-state index is -3.16. The second-order valence-corrected chi connectivity index (χ2v) is 8.59. The minimum Gasteiger partial charge on any atom is -0.369 e. The first-order chi connectivity index (χ1) is 10.9. The van der Waals surface area contributed by atoms with E-state index in [1.165, 1.54) is 11.8 Å². The minimum absolute atomic E-state index is 0.0168. The third-order valence-electron chi connectivity index (χ3n) is 4.67. The van der Waals surface area contributed by atoms with Crippen molar-refractivity contribution in [1.82, 2.24) is 14.6 Å². The first kappa shape index (κ1) is 16.8. The van der Waals surface area contributed by atoms with Crippen LogP contribution in [-0.4, -0.2) is 55.9 Å². The molecule has 128 valence electrons. The normalized spacial score (nSPS) is 29.2. The molecule has 1 N–H and O–H groups in total. The maximum atomic E-state index is 11.3. The SMILES string of the molecule is CS(=O)(=O)NC[C@H]1CCC[C@]2(CCN(Cc3cccnc3)C2)O1. The van der Waals surface area contributed by atoms with Crippen molar-refractivity contribution in [3.8, 4) is 0 Å². The van der Waals surface area contributed by atoms with Gasteiger partial charge in [0.15, 0.2) is 0 Å². The van der Waals surface area contributed by atoms with Crippen LogP contribution < -0.4 is 4.72 Å². The van der Waals surface area contributed by atoms with Crippen molar-refractivity contribution in [1.29, 1.82) is 0 Å². The smallest absolute Gasteiger partial charge is 0.208 e. The Morgan fingerprint density at radius 1 is 1.48 bits per heavy atom. The van der Waals surface area contributed by atoms with E-state index in [9.17, 15) is 8.42 Å². The number of nitrogens with one attached hydrogen (secondary N) is 1. The molecule has 0 aromatic carbocycles. The summed E-state index contributed by atoms with van der Waals surface area (Å²) in [6.45, 7) is 3.20. The molecule has 0 aliphatic carbocycles. The summed E-state index contributed by atoms with van der Waals surface area (Å²) in [7, 11) is -3.16. The zero-order valence-electron chi connectivity index (χ0n) is 13.6. The van der Waals surface area contributed by atoms with Crippen molar-refractivity contribution < 1.29 is 13.2 Å². The van der Waals surface area contributed by atoms with E-state index in [4.69, 9.17) is 4.74 Å². The van der Waals surface area contributed by atoms with Gasteiger partial charge in [-0.05, 0) is 37.3 Å². The van der Waals surface area contributed by atoms with Gasteiger partial charge in [0.1, 0.15) is 0 Å². The molecule has 6 nitrogen and oxygen atoms in total. The van der Waals surface area contributed by atoms with Crippen LogP contribution in [0.15, 0.2) is 24.5 Å². The fourth-order valence-corrected chi connectivity index (χ4v) is 4.11. The molecule has 0 radical (unpaired) electrons. The average Bonchev–Trinajstić information content (AvgIpc) is 2.88. The number of rotatable bonds is 5. The van der Waals surface area contributed by atoms with Crippen LogP contribution in [0.2, 0.25) is 0 Å². The Bertz CT molecular complexity index is 623. The van der Waals surface area contributed by atoms with Gasteiger partial charge in [-0.15, -0.1) is 0 Å². The highest BCUT2D eigenvalue weighted by molar-refractivity contribution is 7.88. The Kier molecular flexibility index (Phi) is 5.01. The van der Waals surface area contributed by atoms with Crippen LogP contribution in [0.5, 0.6) is 0 Å². The average molecular weight is 339 g/mol. The number of aromatic nitrogens is 1. The molecular formula is C16H25N3O3S. The van der Waals surface area contributed by atoms with Crippen molar-refractivity contribution in [2.45, 2.75) is 43.9 Å². The van der Waals surface area contributed by atoms with Crippen LogP contribution in [0.25, 0.3) is 0 Å². The Balaban J connectivity index is 1.55. The van der Waals surface area contributed by atoms with Crippen LogP contribution in [0.4, 0.5) is 0 Å². The Morgan fingerprint density at radius 3 is 3.09 bits per heavy atom. The molecule has 1 aromatic heterocycles. The van der Waals surface area contributed by atoms with Gasteiger partial charge in [-0.25, -0.2) is 13.1 Å². The van der Waals surface area contributed by atoms with Gasteiger partial charge in [0, 0.05) is 38.6 Å². The number of hydrogen-bond acceptors (Lipinski definition) is 5. The van der Waals surface area contributed by atoms with E-state index in [0.29, 0.717) is 6.54 Å². The van der Waals surface area contributed by atoms with E-state index < -0.39 is 10.0 Å². The quantitative estimate of drug-likeness (QED) is 0.871. The number of nitrogens with zero attached hydrogens (tertiary/aromatic N) is 2. The third-order valence-corrected chi connectivity index (χ3v) is 5.36. The van der Waals surface area contributed by atoms with Gasteiger partial charge in [-0.1, -0.05) is 6.07 Å². The molecule has 1 aromatic rings. The van der Waals surface area contributed by atoms with Crippen molar-refractivity contribution >= 4 is 10.0 Å². The highest BCUT2D eigenvalue weighted by Gasteiger charge is 2.42. The van der Waals surface area contributed by atoms with E-state index in [0.717, 1.165) is 45.3 Å². The summed E-state index contributed by atoms with van der Waals surface area (Å²) in [6, 6.07) is 4.06. The fraction of sp³-hybridized carbons (Fsp3) is 0.688. The van der Waals surface area contributed by atoms with Crippen molar-refractivity contribution in [2.75, 3.05) is 25.9 Å². The second kappa shape index (κ2) is 6.84. The number of hydrogen-bond donors (Lipinski definition) is 1. The van der Waals surface area contributed by atoms with Gasteiger partial charge in [0.25, 0.3) is 0 Å². The maximum Gasteiger partial charge on any atom is 0.208 e. The molecule has 2 atom stereocenters. The monoisotopic (exact) mass is 339 g/mol. The summed E-state index contributed by atoms with van der Waals surface area (Å²) in [6.07, 6.45) is 8.97. The summed E-state index contributed by atoms with van der Waals surface area (Å²) >= 11 is 0. The lowest BCUT2D eigenvalue weighted by Crippen LogP contribution is -2.46. The molecule has 2 fully saturated rings. The van der Waals surface area contributed by atoms with E-state index in [1.807, 2.05) is 12.3 Å². The van der Waals surface area contributed by atoms with E-state index in [-0.39, 0.29) is 11.7 Å². The molecular weight excluding hydrogens is 314 g/mol. The first-order valence-corrected chi connectivity index (χ1v) is 10.1. The van der Waals surface area contributed by atoms with E-state index in [1.54, 1.807) is 6.20 Å². The Labute approximate surface area is 138 Å². The lowest BCUT2D eigenvalue weighted by molar-refractivity contribution is -0.118. The van der Waals surface area contributed by atoms with Gasteiger partial charge in [-0.2, -0.15) is 0 Å². The highest BCUT2D eigenvalue weighted by atomic mass is 32.2. The van der Waals surface area contributed by atoms with Crippen LogP contribution in [0, 0.1) is 0 Å². The molecule has 0 unspecified atom stereocenters. The number of likely N-dealkylation sites (tertiary alicyclic amines) is 1. The second-order valence-electron chi connectivity index (χ2n) is 6.76. The largest absolute Gasteiger partial charge is 0.369 e. The molecule has 1 spiro atoms. The zero-order chi connectivity index (χ0) is 16.3. The maximum absolute atomic E-state index is 11.3. The van der Waals surface area contributed by atoms with Gasteiger partial charge >= 0.3 is 0 Å². The predicted molar refractivity (Wildman–Crippen MR) is 88.4 cm³/mol. The van der Waals surface area contributed by atoms with Gasteiger partial charge in [-0.3, -0.25) is 9.88 Å². The highest BCUT2D eigenvalue weighted by Crippen LogP contribution is 2.37. The molecule has 0 amide bonds. The van der Waals surface area contributed by atoms with Gasteiger partial charge in [0.2, 0.25) is 10.0 Å². The molecule has 2 aliphatic heterocycles. The molecule has 2 aliphatic rings. The standard InChI is InChI=1S/C16H25N3O3S/c1-23(20,21)18-11-15-5-2-6-16(22-15)7-9-19(13-16)12-14-4-3-8-17-10-14/h3-4,8,10,15,18H,2,5-7,9,11-13H2,1H3/t15-,16-/m1/s1. The van der Waals surface area contributed by atoms with Crippen molar-refractivity contribution in [2.24, 2.45) is 0 Å². The number of pyridine rings is 1. The lowest BCUT2D eigenvalue weighted by atomic mass is 9.90. The molecule has 2 saturated heterocycles. The fourth-order valence-electron chi connectivity index (χ4n) is 3.62. The number of sulfonamides is 1. The summed E-state index contributed by atoms with van der Waals surface area (Å²) in [4.78, 5) is 6.57. The predicted octanol–water partition coefficient (Wildman–Crippen LogP) is 1.14. The molecule has 0 bridgehead atoms. The van der Waals surface area contributed by atoms with Gasteiger partial charge < -0.3 is 4.74 Å². The summed E-state index contributed by atoms with van der Waals surface area (Å²) in [5, 5.41) is 0. The summed E-state index contributed by atoms with van der Waals surface area (Å²) < 4.78 is 31.4. The lowest BCUT2D eigenvalue weighted by Gasteiger charge is -2.38. The zero-order valence-corrected chi connectivity index (χ0v) is 14.4. The van der Waals surface area contributed by atoms with Crippen LogP contribution >= 0.6 is 0 Å². The van der Waals surface area contributed by atoms with Crippen molar-refractivity contribution in [3.05, 3.63) is 30.1 Å². The van der Waals surface area contributed by atoms with Gasteiger partial charge in [0.05, 0.1) is 18.0 Å². The summed E-state index contributed by atoms with van der Waals surface area (Å²) in [5.41, 5.74) is 1.11. The molecule has 3 heterocycles. The summed E-state index contributed by atoms with van der Waals surface area (Å²) in [5.74, 6) is 0. The third kappa shape index (κ3) is 4.73. The Hall–Kier alpha value is -1.02. The molecule has 23 heavy (non-hydrogen) atoms. The van der Waals surface area contributed by atoms with E-state index in [2.05, 4.69) is 20.7 Å². The molecule has 3 rings (SSSR count). The number of ether oxygens (including phenoxy) is 1. The van der Waals surface area contributed by atoms with Crippen LogP contribution in [0.3, 0.4) is 0 Å². The van der Waals surface area contributed by atoms with Crippen LogP contribution in [0.1, 0.15) is 31.2 Å². The van der Waals surface area contributed by atoms with E-state index >= 15 is 0 Å². The Morgan fingerprint density at radius 2 is 2.35 bits per heavy atom.